The van der Waals surface area contributed by atoms with E-state index < -0.39 is 11.9 Å². The van der Waals surface area contributed by atoms with Crippen LogP contribution in [0.1, 0.15) is 15.9 Å². The van der Waals surface area contributed by atoms with E-state index in [9.17, 15) is 14.7 Å². The van der Waals surface area contributed by atoms with Gasteiger partial charge >= 0.3 is 5.97 Å². The van der Waals surface area contributed by atoms with Crippen molar-refractivity contribution in [1.82, 2.24) is 5.32 Å². The van der Waals surface area contributed by atoms with E-state index in [1.165, 1.54) is 31.4 Å². The van der Waals surface area contributed by atoms with Gasteiger partial charge in [0.05, 0.1) is 18.4 Å². The lowest BCUT2D eigenvalue weighted by Gasteiger charge is -2.11. The second kappa shape index (κ2) is 9.50. The summed E-state index contributed by atoms with van der Waals surface area (Å²) in [4.78, 5) is 23.3. The first kappa shape index (κ1) is 20.9. The maximum atomic E-state index is 12.1. The van der Waals surface area contributed by atoms with Crippen LogP contribution < -0.4 is 15.4 Å². The zero-order valence-corrected chi connectivity index (χ0v) is 17.1. The highest BCUT2D eigenvalue weighted by molar-refractivity contribution is 9.10. The van der Waals surface area contributed by atoms with Crippen molar-refractivity contribution in [2.75, 3.05) is 12.4 Å². The standard InChI is InChI=1S/C18H14BrClN2O4S/c1-26-15-6-3-11(19)8-10(15)2-7-16(23)22-18(27)21-14-5-4-12(20)9-13(14)17(24)25/h2-9H,1H3,(H,24,25)(H2,21,22,23,27). The molecule has 0 spiro atoms. The zero-order chi connectivity index (χ0) is 20.0. The third kappa shape index (κ3) is 6.06. The number of benzene rings is 2. The third-order valence-corrected chi connectivity index (χ3v) is 4.24. The molecule has 0 aromatic heterocycles. The fraction of sp³-hybridized carbons (Fsp3) is 0.0556. The van der Waals surface area contributed by atoms with Crippen molar-refractivity contribution in [3.8, 4) is 5.75 Å². The van der Waals surface area contributed by atoms with Gasteiger partial charge in [0.2, 0.25) is 5.91 Å². The second-order valence-electron chi connectivity index (χ2n) is 5.16. The van der Waals surface area contributed by atoms with E-state index in [0.717, 1.165) is 4.47 Å². The molecule has 3 N–H and O–H groups in total. The van der Waals surface area contributed by atoms with Crippen LogP contribution in [-0.4, -0.2) is 29.2 Å². The number of thiocarbonyl (C=S) groups is 1. The Hall–Kier alpha value is -2.42. The largest absolute Gasteiger partial charge is 0.496 e. The average Bonchev–Trinajstić information content (AvgIpc) is 2.61. The number of aromatic carboxylic acids is 1. The van der Waals surface area contributed by atoms with E-state index in [1.54, 1.807) is 18.2 Å². The highest BCUT2D eigenvalue weighted by atomic mass is 79.9. The van der Waals surface area contributed by atoms with E-state index in [2.05, 4.69) is 26.6 Å². The highest BCUT2D eigenvalue weighted by Crippen LogP contribution is 2.24. The molecule has 0 aliphatic rings. The summed E-state index contributed by atoms with van der Waals surface area (Å²) in [6, 6.07) is 9.65. The van der Waals surface area contributed by atoms with Gasteiger partial charge in [-0.3, -0.25) is 10.1 Å². The zero-order valence-electron chi connectivity index (χ0n) is 14.0. The number of amides is 1. The molecular weight excluding hydrogens is 456 g/mol. The number of nitrogens with one attached hydrogen (secondary N) is 2. The van der Waals surface area contributed by atoms with Gasteiger partial charge in [-0.25, -0.2) is 4.79 Å². The van der Waals surface area contributed by atoms with E-state index >= 15 is 0 Å². The van der Waals surface area contributed by atoms with Gasteiger partial charge in [0.15, 0.2) is 5.11 Å². The molecule has 0 atom stereocenters. The molecule has 9 heteroatoms. The van der Waals surface area contributed by atoms with Crippen LogP contribution in [0.25, 0.3) is 6.08 Å². The van der Waals surface area contributed by atoms with Gasteiger partial charge in [-0.15, -0.1) is 0 Å². The van der Waals surface area contributed by atoms with Crippen molar-refractivity contribution in [2.45, 2.75) is 0 Å². The summed E-state index contributed by atoms with van der Waals surface area (Å²) in [5.41, 5.74) is 0.857. The van der Waals surface area contributed by atoms with E-state index in [4.69, 9.17) is 28.6 Å². The Labute approximate surface area is 174 Å². The van der Waals surface area contributed by atoms with Crippen LogP contribution in [0.5, 0.6) is 5.75 Å². The number of carboxylic acid groups (broad SMARTS) is 1. The number of anilines is 1. The van der Waals surface area contributed by atoms with Crippen LogP contribution in [0.15, 0.2) is 46.9 Å². The summed E-state index contributed by atoms with van der Waals surface area (Å²) < 4.78 is 6.07. The number of carbonyl (C=O) groups is 2. The SMILES string of the molecule is COc1ccc(Br)cc1C=CC(=O)NC(=S)Nc1ccc(Cl)cc1C(=O)O. The van der Waals surface area contributed by atoms with Gasteiger partial charge in [-0.1, -0.05) is 27.5 Å². The first-order valence-electron chi connectivity index (χ1n) is 7.46. The number of hydrogen-bond acceptors (Lipinski definition) is 4. The fourth-order valence-electron chi connectivity index (χ4n) is 2.11. The predicted octanol–water partition coefficient (Wildman–Crippen LogP) is 4.34. The molecule has 1 amide bonds. The van der Waals surface area contributed by atoms with Gasteiger partial charge in [0, 0.05) is 21.1 Å². The number of carboxylic acids is 1. The van der Waals surface area contributed by atoms with E-state index in [0.29, 0.717) is 11.3 Å². The molecular formula is C18H14BrClN2O4S. The third-order valence-electron chi connectivity index (χ3n) is 3.30. The number of methoxy groups -OCH3 is 1. The smallest absolute Gasteiger partial charge is 0.337 e. The molecule has 0 aliphatic heterocycles. The second-order valence-corrected chi connectivity index (χ2v) is 6.92. The summed E-state index contributed by atoms with van der Waals surface area (Å²) in [5, 5.41) is 14.6. The Morgan fingerprint density at radius 3 is 2.67 bits per heavy atom. The summed E-state index contributed by atoms with van der Waals surface area (Å²) in [6.45, 7) is 0. The number of carbonyl (C=O) groups excluding carboxylic acids is 1. The van der Waals surface area contributed by atoms with Crippen molar-refractivity contribution in [1.29, 1.82) is 0 Å². The van der Waals surface area contributed by atoms with Crippen molar-refractivity contribution >= 4 is 68.5 Å². The summed E-state index contributed by atoms with van der Waals surface area (Å²) in [7, 11) is 1.53. The molecule has 27 heavy (non-hydrogen) atoms. The first-order chi connectivity index (χ1) is 12.8. The Kier molecular flexibility index (Phi) is 7.35. The number of hydrogen-bond donors (Lipinski definition) is 3. The van der Waals surface area contributed by atoms with Crippen LogP contribution in [0.3, 0.4) is 0 Å². The molecule has 140 valence electrons. The maximum absolute atomic E-state index is 12.1. The van der Waals surface area contributed by atoms with E-state index in [1.807, 2.05) is 6.07 Å². The van der Waals surface area contributed by atoms with Gasteiger partial charge in [-0.05, 0) is 54.7 Å². The van der Waals surface area contributed by atoms with Gasteiger partial charge in [-0.2, -0.15) is 0 Å². The molecule has 0 saturated heterocycles. The summed E-state index contributed by atoms with van der Waals surface area (Å²) in [5.74, 6) is -1.05. The molecule has 0 saturated carbocycles. The number of halogens is 2. The quantitative estimate of drug-likeness (QED) is 0.446. The van der Waals surface area contributed by atoms with Gasteiger partial charge < -0.3 is 15.2 Å². The van der Waals surface area contributed by atoms with E-state index in [-0.39, 0.29) is 21.4 Å². The number of ether oxygens (including phenoxy) is 1. The van der Waals surface area contributed by atoms with Crippen molar-refractivity contribution < 1.29 is 19.4 Å². The fourth-order valence-corrected chi connectivity index (χ4v) is 2.87. The van der Waals surface area contributed by atoms with Gasteiger partial charge in [0.1, 0.15) is 5.75 Å². The maximum Gasteiger partial charge on any atom is 0.337 e. The molecule has 6 nitrogen and oxygen atoms in total. The normalized spacial score (nSPS) is 10.5. The Balaban J connectivity index is 2.06. The lowest BCUT2D eigenvalue weighted by Crippen LogP contribution is -2.33. The monoisotopic (exact) mass is 468 g/mol. The Morgan fingerprint density at radius 2 is 2.00 bits per heavy atom. The minimum absolute atomic E-state index is 0.0457. The summed E-state index contributed by atoms with van der Waals surface area (Å²) in [6.07, 6.45) is 2.87. The molecule has 0 aliphatic carbocycles. The molecule has 0 unspecified atom stereocenters. The lowest BCUT2D eigenvalue weighted by atomic mass is 10.2. The minimum Gasteiger partial charge on any atom is -0.496 e. The van der Waals surface area contributed by atoms with Crippen LogP contribution in [0, 0.1) is 0 Å². The molecule has 2 aromatic carbocycles. The molecule has 2 aromatic rings. The van der Waals surface area contributed by atoms with Crippen LogP contribution in [-0.2, 0) is 4.79 Å². The lowest BCUT2D eigenvalue weighted by molar-refractivity contribution is -0.115. The van der Waals surface area contributed by atoms with Crippen LogP contribution in [0.4, 0.5) is 5.69 Å². The minimum atomic E-state index is -1.17. The molecule has 2 rings (SSSR count). The van der Waals surface area contributed by atoms with Crippen LogP contribution >= 0.6 is 39.7 Å². The molecule has 0 radical (unpaired) electrons. The first-order valence-corrected chi connectivity index (χ1v) is 9.04. The molecule has 0 heterocycles. The van der Waals surface area contributed by atoms with Crippen molar-refractivity contribution in [3.05, 3.63) is 63.1 Å². The Morgan fingerprint density at radius 1 is 1.26 bits per heavy atom. The molecule has 0 bridgehead atoms. The Bertz CT molecular complexity index is 934. The average molecular weight is 470 g/mol. The summed E-state index contributed by atoms with van der Waals surface area (Å²) >= 11 is 14.2. The van der Waals surface area contributed by atoms with Gasteiger partial charge in [0.25, 0.3) is 0 Å². The highest BCUT2D eigenvalue weighted by Gasteiger charge is 2.12. The van der Waals surface area contributed by atoms with Crippen LogP contribution in [0.2, 0.25) is 5.02 Å². The topological polar surface area (TPSA) is 87.7 Å². The van der Waals surface area contributed by atoms with Crippen molar-refractivity contribution in [3.63, 3.8) is 0 Å². The van der Waals surface area contributed by atoms with Crippen molar-refractivity contribution in [2.24, 2.45) is 0 Å². The molecule has 0 fully saturated rings. The predicted molar refractivity (Wildman–Crippen MR) is 113 cm³/mol. The number of rotatable bonds is 5.